The average molecular weight is 248 g/mol. The number of carbonyl (C=O) groups is 1. The lowest BCUT2D eigenvalue weighted by Gasteiger charge is -2.10. The van der Waals surface area contributed by atoms with Crippen LogP contribution >= 0.6 is 12.4 Å². The average Bonchev–Trinajstić information content (AvgIpc) is 2.17. The van der Waals surface area contributed by atoms with Crippen LogP contribution in [0.4, 0.5) is 4.39 Å². The maximum Gasteiger partial charge on any atom is 0.308 e. The van der Waals surface area contributed by atoms with Crippen LogP contribution in [0, 0.1) is 0 Å². The minimum absolute atomic E-state index is 0. The van der Waals surface area contributed by atoms with Gasteiger partial charge in [-0.1, -0.05) is 12.1 Å². The maximum atomic E-state index is 12.1. The molecule has 0 heterocycles. The van der Waals surface area contributed by atoms with Gasteiger partial charge in [0, 0.05) is 13.0 Å². The second-order valence-electron chi connectivity index (χ2n) is 3.25. The molecule has 0 fully saturated rings. The Morgan fingerprint density at radius 2 is 2.25 bits per heavy atom. The number of esters is 1. The van der Waals surface area contributed by atoms with Gasteiger partial charge in [-0.25, -0.2) is 0 Å². The molecule has 0 aliphatic heterocycles. The molecule has 0 aromatic heterocycles. The van der Waals surface area contributed by atoms with Gasteiger partial charge < -0.3 is 10.5 Å². The molecule has 1 aromatic carbocycles. The van der Waals surface area contributed by atoms with E-state index in [1.54, 1.807) is 24.3 Å². The Hall–Kier alpha value is -1.13. The molecule has 1 aromatic rings. The predicted octanol–water partition coefficient (Wildman–Crippen LogP) is 2.39. The minimum atomic E-state index is -0.459. The standard InChI is InChI=1S/C11H14FNO2.ClH/c1-8(14)15-10-4-2-3-9(7-10)11(13)5-6-12;/h2-4,7,11H,5-6,13H2,1H3;1H/t11-;/m1./s1. The van der Waals surface area contributed by atoms with E-state index in [0.717, 1.165) is 5.56 Å². The van der Waals surface area contributed by atoms with Crippen molar-refractivity contribution in [3.8, 4) is 5.75 Å². The predicted molar refractivity (Wildman–Crippen MR) is 62.5 cm³/mol. The van der Waals surface area contributed by atoms with Crippen LogP contribution in [0.5, 0.6) is 5.75 Å². The van der Waals surface area contributed by atoms with Crippen molar-refractivity contribution in [2.24, 2.45) is 5.73 Å². The molecular weight excluding hydrogens is 233 g/mol. The topological polar surface area (TPSA) is 52.3 Å². The van der Waals surface area contributed by atoms with Crippen LogP contribution in [0.3, 0.4) is 0 Å². The first-order chi connectivity index (χ1) is 7.13. The Labute approximate surface area is 100 Å². The second-order valence-corrected chi connectivity index (χ2v) is 3.25. The van der Waals surface area contributed by atoms with Gasteiger partial charge in [0.05, 0.1) is 6.67 Å². The summed E-state index contributed by atoms with van der Waals surface area (Å²) in [5.41, 5.74) is 6.49. The van der Waals surface area contributed by atoms with E-state index in [9.17, 15) is 9.18 Å². The lowest BCUT2D eigenvalue weighted by molar-refractivity contribution is -0.131. The summed E-state index contributed by atoms with van der Waals surface area (Å²) in [6.45, 7) is 0.868. The van der Waals surface area contributed by atoms with Crippen LogP contribution in [0.1, 0.15) is 24.9 Å². The number of hydrogen-bond acceptors (Lipinski definition) is 3. The number of nitrogens with two attached hydrogens (primary N) is 1. The second kappa shape index (κ2) is 7.19. The molecule has 5 heteroatoms. The van der Waals surface area contributed by atoms with E-state index in [2.05, 4.69) is 0 Å². The van der Waals surface area contributed by atoms with E-state index >= 15 is 0 Å². The summed E-state index contributed by atoms with van der Waals surface area (Å²) in [5, 5.41) is 0. The molecule has 0 aliphatic rings. The summed E-state index contributed by atoms with van der Waals surface area (Å²) >= 11 is 0. The van der Waals surface area contributed by atoms with Crippen LogP contribution in [-0.4, -0.2) is 12.6 Å². The number of alkyl halides is 1. The fourth-order valence-corrected chi connectivity index (χ4v) is 1.26. The summed E-state index contributed by atoms with van der Waals surface area (Å²) in [4.78, 5) is 10.7. The van der Waals surface area contributed by atoms with Gasteiger partial charge in [-0.3, -0.25) is 9.18 Å². The first-order valence-electron chi connectivity index (χ1n) is 4.73. The van der Waals surface area contributed by atoms with Gasteiger partial charge in [0.15, 0.2) is 0 Å². The smallest absolute Gasteiger partial charge is 0.308 e. The van der Waals surface area contributed by atoms with Crippen LogP contribution in [0.2, 0.25) is 0 Å². The molecule has 0 amide bonds. The molecule has 0 saturated heterocycles. The van der Waals surface area contributed by atoms with Gasteiger partial charge in [0.25, 0.3) is 0 Å². The number of carbonyl (C=O) groups excluding carboxylic acids is 1. The summed E-state index contributed by atoms with van der Waals surface area (Å²) in [6, 6.07) is 6.47. The van der Waals surface area contributed by atoms with Gasteiger partial charge in [-0.05, 0) is 24.1 Å². The van der Waals surface area contributed by atoms with Gasteiger partial charge in [0.1, 0.15) is 5.75 Å². The highest BCUT2D eigenvalue weighted by molar-refractivity contribution is 5.85. The van der Waals surface area contributed by atoms with E-state index in [-0.39, 0.29) is 30.8 Å². The molecule has 1 rings (SSSR count). The van der Waals surface area contributed by atoms with E-state index in [4.69, 9.17) is 10.5 Å². The zero-order valence-corrected chi connectivity index (χ0v) is 9.80. The summed E-state index contributed by atoms with van der Waals surface area (Å²) in [6.07, 6.45) is 0.267. The van der Waals surface area contributed by atoms with Crippen molar-refractivity contribution in [3.05, 3.63) is 29.8 Å². The Balaban J connectivity index is 0.00000225. The third kappa shape index (κ3) is 4.59. The molecule has 0 aliphatic carbocycles. The lowest BCUT2D eigenvalue weighted by atomic mass is 10.1. The van der Waals surface area contributed by atoms with E-state index in [1.807, 2.05) is 0 Å². The third-order valence-electron chi connectivity index (χ3n) is 1.97. The van der Waals surface area contributed by atoms with Gasteiger partial charge in [-0.15, -0.1) is 12.4 Å². The monoisotopic (exact) mass is 247 g/mol. The molecule has 90 valence electrons. The maximum absolute atomic E-state index is 12.1. The largest absolute Gasteiger partial charge is 0.427 e. The van der Waals surface area contributed by atoms with E-state index in [0.29, 0.717) is 5.75 Å². The molecule has 0 bridgehead atoms. The third-order valence-corrected chi connectivity index (χ3v) is 1.97. The number of hydrogen-bond donors (Lipinski definition) is 1. The zero-order valence-electron chi connectivity index (χ0n) is 8.98. The fraction of sp³-hybridized carbons (Fsp3) is 0.364. The van der Waals surface area contributed by atoms with Crippen LogP contribution in [0.25, 0.3) is 0 Å². The van der Waals surface area contributed by atoms with Gasteiger partial charge in [0.2, 0.25) is 0 Å². The zero-order chi connectivity index (χ0) is 11.3. The number of ether oxygens (including phenoxy) is 1. The highest BCUT2D eigenvalue weighted by atomic mass is 35.5. The molecule has 0 saturated carbocycles. The molecule has 16 heavy (non-hydrogen) atoms. The fourth-order valence-electron chi connectivity index (χ4n) is 1.26. The lowest BCUT2D eigenvalue weighted by Crippen LogP contribution is -2.11. The van der Waals surface area contributed by atoms with Crippen LogP contribution in [0.15, 0.2) is 24.3 Å². The molecule has 2 N–H and O–H groups in total. The molecule has 0 unspecified atom stereocenters. The Morgan fingerprint density at radius 1 is 1.56 bits per heavy atom. The van der Waals surface area contributed by atoms with Crippen molar-refractivity contribution in [2.75, 3.05) is 6.67 Å². The molecule has 0 radical (unpaired) electrons. The normalized spacial score (nSPS) is 11.4. The van der Waals surface area contributed by atoms with Crippen molar-refractivity contribution in [1.29, 1.82) is 0 Å². The first kappa shape index (κ1) is 14.9. The molecule has 3 nitrogen and oxygen atoms in total. The van der Waals surface area contributed by atoms with Crippen molar-refractivity contribution in [2.45, 2.75) is 19.4 Å². The Bertz CT molecular complexity index is 347. The quantitative estimate of drug-likeness (QED) is 0.657. The Kier molecular flexibility index (Phi) is 6.69. The SMILES string of the molecule is CC(=O)Oc1cccc([C@H](N)CCF)c1.Cl. The van der Waals surface area contributed by atoms with Crippen molar-refractivity contribution in [1.82, 2.24) is 0 Å². The number of rotatable bonds is 4. The van der Waals surface area contributed by atoms with E-state index in [1.165, 1.54) is 6.92 Å². The Morgan fingerprint density at radius 3 is 2.81 bits per heavy atom. The summed E-state index contributed by atoms with van der Waals surface area (Å²) < 4.78 is 17.0. The van der Waals surface area contributed by atoms with Crippen LogP contribution < -0.4 is 10.5 Å². The summed E-state index contributed by atoms with van der Waals surface area (Å²) in [5.74, 6) is 0.0560. The van der Waals surface area contributed by atoms with Crippen LogP contribution in [-0.2, 0) is 4.79 Å². The van der Waals surface area contributed by atoms with Crippen molar-refractivity contribution in [3.63, 3.8) is 0 Å². The van der Waals surface area contributed by atoms with Gasteiger partial charge >= 0.3 is 5.97 Å². The molecular formula is C11H15ClFNO2. The van der Waals surface area contributed by atoms with Gasteiger partial charge in [-0.2, -0.15) is 0 Å². The van der Waals surface area contributed by atoms with E-state index < -0.39 is 6.67 Å². The molecule has 0 spiro atoms. The highest BCUT2D eigenvalue weighted by Crippen LogP contribution is 2.20. The number of halogens is 2. The highest BCUT2D eigenvalue weighted by Gasteiger charge is 2.07. The number of benzene rings is 1. The first-order valence-corrected chi connectivity index (χ1v) is 4.73. The summed E-state index contributed by atoms with van der Waals surface area (Å²) in [7, 11) is 0. The van der Waals surface area contributed by atoms with Crippen molar-refractivity contribution >= 4 is 18.4 Å². The minimum Gasteiger partial charge on any atom is -0.427 e. The molecule has 1 atom stereocenters. The van der Waals surface area contributed by atoms with Crippen molar-refractivity contribution < 1.29 is 13.9 Å².